The summed E-state index contributed by atoms with van der Waals surface area (Å²) in [4.78, 5) is 0. The predicted octanol–water partition coefficient (Wildman–Crippen LogP) is 2.06. The summed E-state index contributed by atoms with van der Waals surface area (Å²) in [5.74, 6) is 0. The molecule has 1 fully saturated rings. The number of aryl methyl sites for hydroxylation is 2. The van der Waals surface area contributed by atoms with Gasteiger partial charge in [0.25, 0.3) is 0 Å². The predicted molar refractivity (Wildman–Crippen MR) is 63.9 cm³/mol. The highest BCUT2D eigenvalue weighted by Gasteiger charge is 2.24. The van der Waals surface area contributed by atoms with Gasteiger partial charge >= 0.3 is 0 Å². The summed E-state index contributed by atoms with van der Waals surface area (Å²) >= 11 is 0. The molecule has 2 atom stereocenters. The molecule has 1 aromatic carbocycles. The Kier molecular flexibility index (Phi) is 3.08. The Morgan fingerprint density at radius 2 is 2.00 bits per heavy atom. The molecular formula is C13H20N2. The molecule has 82 valence electrons. The number of nitrogens with two attached hydrogens (primary N) is 1. The highest BCUT2D eigenvalue weighted by atomic mass is 15.0. The maximum Gasteiger partial charge on any atom is 0.0456 e. The lowest BCUT2D eigenvalue weighted by atomic mass is 9.91. The van der Waals surface area contributed by atoms with E-state index < -0.39 is 0 Å². The Labute approximate surface area is 91.9 Å². The van der Waals surface area contributed by atoms with Gasteiger partial charge < -0.3 is 11.1 Å². The summed E-state index contributed by atoms with van der Waals surface area (Å²) in [5.41, 5.74) is 10.3. The average molecular weight is 204 g/mol. The molecule has 0 saturated carbocycles. The van der Waals surface area contributed by atoms with Crippen molar-refractivity contribution in [3.8, 4) is 0 Å². The van der Waals surface area contributed by atoms with Gasteiger partial charge in [-0.1, -0.05) is 18.2 Å². The quantitative estimate of drug-likeness (QED) is 0.774. The van der Waals surface area contributed by atoms with E-state index in [1.165, 1.54) is 29.5 Å². The molecular weight excluding hydrogens is 184 g/mol. The summed E-state index contributed by atoms with van der Waals surface area (Å²) in [5, 5.41) is 3.48. The Bertz CT molecular complexity index is 320. The van der Waals surface area contributed by atoms with E-state index in [2.05, 4.69) is 37.4 Å². The largest absolute Gasteiger partial charge is 0.323 e. The van der Waals surface area contributed by atoms with Gasteiger partial charge in [-0.05, 0) is 49.9 Å². The summed E-state index contributed by atoms with van der Waals surface area (Å²) in [6, 6.07) is 7.01. The van der Waals surface area contributed by atoms with E-state index in [9.17, 15) is 0 Å². The first kappa shape index (κ1) is 10.7. The Hall–Kier alpha value is -0.860. The normalized spacial score (nSPS) is 23.0. The van der Waals surface area contributed by atoms with Crippen LogP contribution in [0.2, 0.25) is 0 Å². The van der Waals surface area contributed by atoms with Gasteiger partial charge in [0.2, 0.25) is 0 Å². The van der Waals surface area contributed by atoms with E-state index in [-0.39, 0.29) is 6.04 Å². The summed E-state index contributed by atoms with van der Waals surface area (Å²) in [6.07, 6.45) is 2.46. The Morgan fingerprint density at radius 3 is 2.53 bits per heavy atom. The highest BCUT2D eigenvalue weighted by Crippen LogP contribution is 2.26. The van der Waals surface area contributed by atoms with Gasteiger partial charge in [0.1, 0.15) is 0 Å². The molecule has 2 unspecified atom stereocenters. The molecule has 2 nitrogen and oxygen atoms in total. The first-order valence-corrected chi connectivity index (χ1v) is 5.75. The maximum atomic E-state index is 6.34. The zero-order valence-corrected chi connectivity index (χ0v) is 9.59. The SMILES string of the molecule is Cc1cccc(C)c1C(N)C1CCCN1. The third kappa shape index (κ3) is 2.06. The molecule has 2 heteroatoms. The monoisotopic (exact) mass is 204 g/mol. The lowest BCUT2D eigenvalue weighted by Crippen LogP contribution is -2.35. The van der Waals surface area contributed by atoms with E-state index in [1.54, 1.807) is 0 Å². The minimum atomic E-state index is 0.147. The van der Waals surface area contributed by atoms with E-state index >= 15 is 0 Å². The van der Waals surface area contributed by atoms with Crippen LogP contribution in [0.15, 0.2) is 18.2 Å². The average Bonchev–Trinajstić information content (AvgIpc) is 2.69. The zero-order chi connectivity index (χ0) is 10.8. The molecule has 0 aromatic heterocycles. The molecule has 15 heavy (non-hydrogen) atoms. The van der Waals surface area contributed by atoms with Crippen LogP contribution < -0.4 is 11.1 Å². The number of rotatable bonds is 2. The Morgan fingerprint density at radius 1 is 1.33 bits per heavy atom. The second-order valence-corrected chi connectivity index (χ2v) is 4.53. The molecule has 1 aliphatic rings. The van der Waals surface area contributed by atoms with Crippen LogP contribution in [0.3, 0.4) is 0 Å². The fourth-order valence-electron chi connectivity index (χ4n) is 2.57. The third-order valence-electron chi connectivity index (χ3n) is 3.41. The number of hydrogen-bond donors (Lipinski definition) is 2. The molecule has 1 heterocycles. The first-order chi connectivity index (χ1) is 7.20. The van der Waals surface area contributed by atoms with E-state index in [4.69, 9.17) is 5.73 Å². The van der Waals surface area contributed by atoms with Crippen LogP contribution in [-0.2, 0) is 0 Å². The van der Waals surface area contributed by atoms with Crippen molar-refractivity contribution in [1.29, 1.82) is 0 Å². The van der Waals surface area contributed by atoms with Gasteiger partial charge in [0.05, 0.1) is 0 Å². The van der Waals surface area contributed by atoms with Crippen LogP contribution in [0.1, 0.15) is 35.6 Å². The molecule has 1 saturated heterocycles. The van der Waals surface area contributed by atoms with Crippen molar-refractivity contribution >= 4 is 0 Å². The van der Waals surface area contributed by atoms with Crippen molar-refractivity contribution in [2.75, 3.05) is 6.54 Å². The first-order valence-electron chi connectivity index (χ1n) is 5.75. The molecule has 0 amide bonds. The molecule has 3 N–H and O–H groups in total. The van der Waals surface area contributed by atoms with Crippen molar-refractivity contribution < 1.29 is 0 Å². The van der Waals surface area contributed by atoms with Crippen LogP contribution in [0, 0.1) is 13.8 Å². The van der Waals surface area contributed by atoms with Gasteiger partial charge in [0.15, 0.2) is 0 Å². The molecule has 2 rings (SSSR count). The molecule has 0 spiro atoms. The fourth-order valence-corrected chi connectivity index (χ4v) is 2.57. The van der Waals surface area contributed by atoms with Gasteiger partial charge in [-0.3, -0.25) is 0 Å². The van der Waals surface area contributed by atoms with Gasteiger partial charge in [-0.15, -0.1) is 0 Å². The third-order valence-corrected chi connectivity index (χ3v) is 3.41. The second-order valence-electron chi connectivity index (χ2n) is 4.53. The standard InChI is InChI=1S/C13H20N2/c1-9-5-3-6-10(2)12(9)13(14)11-7-4-8-15-11/h3,5-6,11,13,15H,4,7-8,14H2,1-2H3. The van der Waals surface area contributed by atoms with Crippen LogP contribution in [0.25, 0.3) is 0 Å². The van der Waals surface area contributed by atoms with Crippen molar-refractivity contribution in [1.82, 2.24) is 5.32 Å². The van der Waals surface area contributed by atoms with Crippen LogP contribution in [-0.4, -0.2) is 12.6 Å². The van der Waals surface area contributed by atoms with Crippen LogP contribution in [0.5, 0.6) is 0 Å². The lowest BCUT2D eigenvalue weighted by molar-refractivity contribution is 0.497. The molecule has 1 aromatic rings. The topological polar surface area (TPSA) is 38.0 Å². The summed E-state index contributed by atoms with van der Waals surface area (Å²) in [6.45, 7) is 5.41. The zero-order valence-electron chi connectivity index (χ0n) is 9.59. The van der Waals surface area contributed by atoms with Crippen molar-refractivity contribution in [3.63, 3.8) is 0 Å². The minimum absolute atomic E-state index is 0.147. The van der Waals surface area contributed by atoms with E-state index in [1.807, 2.05) is 0 Å². The van der Waals surface area contributed by atoms with Gasteiger partial charge in [-0.25, -0.2) is 0 Å². The summed E-state index contributed by atoms with van der Waals surface area (Å²) < 4.78 is 0. The highest BCUT2D eigenvalue weighted by molar-refractivity contribution is 5.36. The Balaban J connectivity index is 2.27. The molecule has 0 bridgehead atoms. The van der Waals surface area contributed by atoms with Crippen LogP contribution >= 0.6 is 0 Å². The lowest BCUT2D eigenvalue weighted by Gasteiger charge is -2.23. The number of benzene rings is 1. The summed E-state index contributed by atoms with van der Waals surface area (Å²) in [7, 11) is 0. The van der Waals surface area contributed by atoms with E-state index in [0.717, 1.165) is 6.54 Å². The van der Waals surface area contributed by atoms with Gasteiger partial charge in [-0.2, -0.15) is 0 Å². The van der Waals surface area contributed by atoms with Crippen molar-refractivity contribution in [2.24, 2.45) is 5.73 Å². The van der Waals surface area contributed by atoms with E-state index in [0.29, 0.717) is 6.04 Å². The second kappa shape index (κ2) is 4.33. The van der Waals surface area contributed by atoms with Crippen molar-refractivity contribution in [3.05, 3.63) is 34.9 Å². The molecule has 0 radical (unpaired) electrons. The van der Waals surface area contributed by atoms with Gasteiger partial charge in [0, 0.05) is 12.1 Å². The smallest absolute Gasteiger partial charge is 0.0456 e. The molecule has 0 aliphatic carbocycles. The van der Waals surface area contributed by atoms with Crippen molar-refractivity contribution in [2.45, 2.75) is 38.8 Å². The number of nitrogens with one attached hydrogen (secondary N) is 1. The maximum absolute atomic E-state index is 6.34. The number of hydrogen-bond acceptors (Lipinski definition) is 2. The fraction of sp³-hybridized carbons (Fsp3) is 0.538. The minimum Gasteiger partial charge on any atom is -0.323 e. The molecule has 1 aliphatic heterocycles. The van der Waals surface area contributed by atoms with Crippen LogP contribution in [0.4, 0.5) is 0 Å².